The van der Waals surface area contributed by atoms with Crippen LogP contribution < -0.4 is 5.32 Å². The number of nitrogens with one attached hydrogen (secondary N) is 1. The van der Waals surface area contributed by atoms with Crippen LogP contribution in [0.1, 0.15) is 11.4 Å². The molecule has 2 rings (SSSR count). The van der Waals surface area contributed by atoms with Gasteiger partial charge in [0, 0.05) is 32.1 Å². The number of aryl methyl sites for hydroxylation is 1. The molecule has 0 saturated carbocycles. The summed E-state index contributed by atoms with van der Waals surface area (Å²) in [5.74, 6) is 1.12. The van der Waals surface area contributed by atoms with Gasteiger partial charge in [-0.3, -0.25) is 4.68 Å². The second-order valence-electron chi connectivity index (χ2n) is 4.01. The molecule has 96 valence electrons. The number of phenols is 1. The van der Waals surface area contributed by atoms with E-state index in [1.165, 1.54) is 0 Å². The van der Waals surface area contributed by atoms with Crippen LogP contribution in [0.25, 0.3) is 0 Å². The Kier molecular flexibility index (Phi) is 4.33. The highest BCUT2D eigenvalue weighted by Crippen LogP contribution is 2.26. The Morgan fingerprint density at radius 2 is 2.28 bits per heavy atom. The van der Waals surface area contributed by atoms with Gasteiger partial charge in [-0.1, -0.05) is 12.1 Å². The van der Waals surface area contributed by atoms with Crippen molar-refractivity contribution in [3.05, 3.63) is 40.4 Å². The quantitative estimate of drug-likeness (QED) is 0.824. The highest BCUT2D eigenvalue weighted by Gasteiger charge is 2.04. The van der Waals surface area contributed by atoms with E-state index in [1.807, 2.05) is 25.2 Å². The second kappa shape index (κ2) is 5.97. The van der Waals surface area contributed by atoms with Crippen LogP contribution >= 0.6 is 15.9 Å². The van der Waals surface area contributed by atoms with Crippen molar-refractivity contribution in [3.8, 4) is 5.75 Å². The first-order valence-corrected chi connectivity index (χ1v) is 6.47. The Hall–Kier alpha value is -1.40. The molecule has 0 aliphatic rings. The van der Waals surface area contributed by atoms with E-state index < -0.39 is 0 Å². The molecule has 0 bridgehead atoms. The highest BCUT2D eigenvalue weighted by molar-refractivity contribution is 9.10. The van der Waals surface area contributed by atoms with Gasteiger partial charge in [-0.25, -0.2) is 4.98 Å². The van der Waals surface area contributed by atoms with E-state index in [9.17, 15) is 5.11 Å². The van der Waals surface area contributed by atoms with Crippen molar-refractivity contribution in [3.63, 3.8) is 0 Å². The first-order chi connectivity index (χ1) is 8.66. The third-order valence-electron chi connectivity index (χ3n) is 2.56. The van der Waals surface area contributed by atoms with E-state index in [-0.39, 0.29) is 0 Å². The lowest BCUT2D eigenvalue weighted by molar-refractivity contribution is 0.461. The number of hydrogen-bond acceptors (Lipinski definition) is 4. The van der Waals surface area contributed by atoms with Gasteiger partial charge >= 0.3 is 0 Å². The van der Waals surface area contributed by atoms with Crippen molar-refractivity contribution in [2.75, 3.05) is 6.54 Å². The standard InChI is InChI=1S/C12H15BrN4O/c1-17-8-15-11(16-17)5-6-14-7-9-3-2-4-10(13)12(9)18/h2-4,8,14,18H,5-7H2,1H3. The molecule has 1 aromatic carbocycles. The smallest absolute Gasteiger partial charge is 0.151 e. The summed E-state index contributed by atoms with van der Waals surface area (Å²) in [4.78, 5) is 4.15. The Morgan fingerprint density at radius 3 is 3.00 bits per heavy atom. The zero-order valence-electron chi connectivity index (χ0n) is 10.1. The lowest BCUT2D eigenvalue weighted by atomic mass is 10.2. The average Bonchev–Trinajstić information content (AvgIpc) is 2.76. The van der Waals surface area contributed by atoms with Crippen molar-refractivity contribution < 1.29 is 5.11 Å². The molecule has 0 spiro atoms. The Bertz CT molecular complexity index is 527. The fourth-order valence-corrected chi connectivity index (χ4v) is 2.03. The zero-order chi connectivity index (χ0) is 13.0. The predicted molar refractivity (Wildman–Crippen MR) is 72.2 cm³/mol. The Labute approximate surface area is 114 Å². The van der Waals surface area contributed by atoms with Crippen LogP contribution in [-0.2, 0) is 20.0 Å². The summed E-state index contributed by atoms with van der Waals surface area (Å²) in [5.41, 5.74) is 0.873. The van der Waals surface area contributed by atoms with Gasteiger partial charge in [0.1, 0.15) is 12.1 Å². The number of hydrogen-bond donors (Lipinski definition) is 2. The maximum Gasteiger partial charge on any atom is 0.151 e. The third-order valence-corrected chi connectivity index (χ3v) is 3.20. The first kappa shape index (κ1) is 13.0. The van der Waals surface area contributed by atoms with Crippen molar-refractivity contribution in [2.45, 2.75) is 13.0 Å². The lowest BCUT2D eigenvalue weighted by Crippen LogP contribution is -2.17. The van der Waals surface area contributed by atoms with E-state index >= 15 is 0 Å². The number of aromatic nitrogens is 3. The van der Waals surface area contributed by atoms with E-state index in [0.29, 0.717) is 16.8 Å². The molecule has 2 aromatic rings. The molecule has 1 heterocycles. The summed E-state index contributed by atoms with van der Waals surface area (Å²) < 4.78 is 2.41. The number of nitrogens with zero attached hydrogens (tertiary/aromatic N) is 3. The summed E-state index contributed by atoms with van der Waals surface area (Å²) >= 11 is 3.29. The van der Waals surface area contributed by atoms with E-state index in [1.54, 1.807) is 11.0 Å². The maximum atomic E-state index is 9.80. The number of aromatic hydroxyl groups is 1. The van der Waals surface area contributed by atoms with Gasteiger partial charge in [-0.05, 0) is 22.0 Å². The van der Waals surface area contributed by atoms with E-state index in [2.05, 4.69) is 31.3 Å². The van der Waals surface area contributed by atoms with Gasteiger partial charge in [0.25, 0.3) is 0 Å². The first-order valence-electron chi connectivity index (χ1n) is 5.68. The molecule has 0 saturated heterocycles. The number of phenolic OH excluding ortho intramolecular Hbond substituents is 1. The average molecular weight is 311 g/mol. The van der Waals surface area contributed by atoms with Gasteiger partial charge in [0.2, 0.25) is 0 Å². The SMILES string of the molecule is Cn1cnc(CCNCc2cccc(Br)c2O)n1. The van der Waals surface area contributed by atoms with Gasteiger partial charge in [0.15, 0.2) is 5.82 Å². The number of para-hydroxylation sites is 1. The maximum absolute atomic E-state index is 9.80. The Balaban J connectivity index is 1.80. The fraction of sp³-hybridized carbons (Fsp3) is 0.333. The molecule has 0 unspecified atom stereocenters. The highest BCUT2D eigenvalue weighted by atomic mass is 79.9. The van der Waals surface area contributed by atoms with Crippen molar-refractivity contribution in [1.29, 1.82) is 0 Å². The molecule has 0 radical (unpaired) electrons. The molecule has 6 heteroatoms. The number of halogens is 1. The number of rotatable bonds is 5. The molecule has 0 atom stereocenters. The largest absolute Gasteiger partial charge is 0.506 e. The minimum Gasteiger partial charge on any atom is -0.506 e. The topological polar surface area (TPSA) is 63.0 Å². The van der Waals surface area contributed by atoms with Crippen LogP contribution in [0.4, 0.5) is 0 Å². The Morgan fingerprint density at radius 1 is 1.44 bits per heavy atom. The molecular formula is C12H15BrN4O. The summed E-state index contributed by atoms with van der Waals surface area (Å²) in [5, 5.41) is 17.3. The van der Waals surface area contributed by atoms with Gasteiger partial charge in [-0.2, -0.15) is 5.10 Å². The molecule has 0 amide bonds. The predicted octanol–water partition coefficient (Wildman–Crippen LogP) is 1.62. The summed E-state index contributed by atoms with van der Waals surface area (Å²) in [6.07, 6.45) is 2.46. The summed E-state index contributed by atoms with van der Waals surface area (Å²) in [7, 11) is 1.85. The molecule has 0 fully saturated rings. The van der Waals surface area contributed by atoms with E-state index in [4.69, 9.17) is 0 Å². The monoisotopic (exact) mass is 310 g/mol. The molecule has 18 heavy (non-hydrogen) atoms. The van der Waals surface area contributed by atoms with Crippen LogP contribution in [0.3, 0.4) is 0 Å². The molecule has 5 nitrogen and oxygen atoms in total. The zero-order valence-corrected chi connectivity index (χ0v) is 11.7. The fourth-order valence-electron chi connectivity index (χ4n) is 1.62. The van der Waals surface area contributed by atoms with E-state index in [0.717, 1.165) is 24.4 Å². The van der Waals surface area contributed by atoms with Crippen molar-refractivity contribution >= 4 is 15.9 Å². The van der Waals surface area contributed by atoms with Gasteiger partial charge in [-0.15, -0.1) is 0 Å². The molecule has 1 aromatic heterocycles. The molecule has 2 N–H and O–H groups in total. The van der Waals surface area contributed by atoms with Crippen LogP contribution in [0, 0.1) is 0 Å². The van der Waals surface area contributed by atoms with Crippen LogP contribution in [0.5, 0.6) is 5.75 Å². The van der Waals surface area contributed by atoms with Gasteiger partial charge in [0.05, 0.1) is 4.47 Å². The van der Waals surface area contributed by atoms with Crippen molar-refractivity contribution in [2.24, 2.45) is 7.05 Å². The third kappa shape index (κ3) is 3.30. The second-order valence-corrected chi connectivity index (χ2v) is 4.86. The minimum absolute atomic E-state index is 0.293. The molecular weight excluding hydrogens is 296 g/mol. The van der Waals surface area contributed by atoms with Crippen LogP contribution in [0.15, 0.2) is 29.0 Å². The van der Waals surface area contributed by atoms with Gasteiger partial charge < -0.3 is 10.4 Å². The normalized spacial score (nSPS) is 10.8. The summed E-state index contributed by atoms with van der Waals surface area (Å²) in [6, 6.07) is 5.61. The number of benzene rings is 1. The molecule has 0 aliphatic heterocycles. The van der Waals surface area contributed by atoms with Crippen LogP contribution in [-0.4, -0.2) is 26.4 Å². The van der Waals surface area contributed by atoms with Crippen molar-refractivity contribution in [1.82, 2.24) is 20.1 Å². The molecule has 0 aliphatic carbocycles. The van der Waals surface area contributed by atoms with Crippen LogP contribution in [0.2, 0.25) is 0 Å². The minimum atomic E-state index is 0.293. The summed E-state index contributed by atoms with van der Waals surface area (Å²) in [6.45, 7) is 1.40. The lowest BCUT2D eigenvalue weighted by Gasteiger charge is -2.07.